The number of aromatic nitrogens is 1. The molecule has 1 aliphatic heterocycles. The summed E-state index contributed by atoms with van der Waals surface area (Å²) in [5.74, 6) is 0. The predicted molar refractivity (Wildman–Crippen MR) is 73.0 cm³/mol. The summed E-state index contributed by atoms with van der Waals surface area (Å²) in [6.07, 6.45) is 2.41. The first kappa shape index (κ1) is 14.4. The summed E-state index contributed by atoms with van der Waals surface area (Å²) in [5, 5.41) is 0. The average Bonchev–Trinajstić information content (AvgIpc) is 2.89. The average molecular weight is 284 g/mol. The highest BCUT2D eigenvalue weighted by atomic mass is 32.2. The predicted octanol–water partition coefficient (Wildman–Crippen LogP) is -0.135. The lowest BCUT2D eigenvalue weighted by molar-refractivity contribution is 0.302. The lowest BCUT2D eigenvalue weighted by Crippen LogP contribution is -2.35. The lowest BCUT2D eigenvalue weighted by atomic mass is 10.2. The van der Waals surface area contributed by atoms with Crippen LogP contribution in [0.5, 0.6) is 0 Å². The second kappa shape index (κ2) is 5.54. The molecule has 1 saturated heterocycles. The molecule has 0 spiro atoms. The van der Waals surface area contributed by atoms with Crippen molar-refractivity contribution in [1.29, 1.82) is 0 Å². The van der Waals surface area contributed by atoms with Crippen LogP contribution >= 0.6 is 0 Å². The number of hydrogen-bond donors (Lipinski definition) is 1. The van der Waals surface area contributed by atoms with Gasteiger partial charge >= 0.3 is 0 Å². The molecular formula is C12H20N4O2S. The van der Waals surface area contributed by atoms with Gasteiger partial charge in [-0.15, -0.1) is 0 Å². The van der Waals surface area contributed by atoms with E-state index in [9.17, 15) is 8.42 Å². The molecule has 1 unspecified atom stereocenters. The molecule has 0 aromatic carbocycles. The highest BCUT2D eigenvalue weighted by molar-refractivity contribution is 7.89. The molecule has 0 saturated carbocycles. The summed E-state index contributed by atoms with van der Waals surface area (Å²) in [6.45, 7) is 1.19. The van der Waals surface area contributed by atoms with E-state index in [1.165, 1.54) is 4.31 Å². The molecule has 106 valence electrons. The van der Waals surface area contributed by atoms with Crippen molar-refractivity contribution >= 4 is 10.0 Å². The van der Waals surface area contributed by atoms with Crippen LogP contribution in [0.15, 0.2) is 23.2 Å². The minimum absolute atomic E-state index is 0.125. The molecule has 1 fully saturated rings. The molecule has 1 aromatic heterocycles. The lowest BCUT2D eigenvalue weighted by Gasteiger charge is -2.21. The largest absolute Gasteiger partial charge is 0.325 e. The van der Waals surface area contributed by atoms with Gasteiger partial charge in [-0.05, 0) is 32.6 Å². The van der Waals surface area contributed by atoms with Crippen LogP contribution in [0.25, 0.3) is 0 Å². The summed E-state index contributed by atoms with van der Waals surface area (Å²) in [5.41, 5.74) is 5.99. The van der Waals surface area contributed by atoms with Crippen LogP contribution in [0, 0.1) is 0 Å². The van der Waals surface area contributed by atoms with Gasteiger partial charge in [0.05, 0.1) is 5.69 Å². The van der Waals surface area contributed by atoms with Gasteiger partial charge in [0.15, 0.2) is 0 Å². The smallest absolute Gasteiger partial charge is 0.244 e. The molecule has 1 atom stereocenters. The van der Waals surface area contributed by atoms with E-state index in [-0.39, 0.29) is 17.5 Å². The Labute approximate surface area is 114 Å². The quantitative estimate of drug-likeness (QED) is 0.833. The van der Waals surface area contributed by atoms with Gasteiger partial charge in [-0.25, -0.2) is 8.42 Å². The number of hydrogen-bond acceptors (Lipinski definition) is 5. The highest BCUT2D eigenvalue weighted by Crippen LogP contribution is 2.24. The number of rotatable bonds is 4. The van der Waals surface area contributed by atoms with Crippen LogP contribution in [0.4, 0.5) is 0 Å². The number of nitrogens with zero attached hydrogens (tertiary/aromatic N) is 3. The zero-order valence-corrected chi connectivity index (χ0v) is 12.1. The van der Waals surface area contributed by atoms with Crippen LogP contribution in [-0.4, -0.2) is 55.8 Å². The van der Waals surface area contributed by atoms with E-state index in [0.717, 1.165) is 6.42 Å². The normalized spacial score (nSPS) is 21.2. The molecule has 19 heavy (non-hydrogen) atoms. The standard InChI is InChI=1S/C12H20N4O2S/c1-15(2)10-5-7-16(9-10)19(17,18)12-4-3-6-14-11(12)8-13/h3-4,6,10H,5,7-9,13H2,1-2H3. The van der Waals surface area contributed by atoms with Gasteiger partial charge < -0.3 is 10.6 Å². The van der Waals surface area contributed by atoms with Crippen LogP contribution in [0.1, 0.15) is 12.1 Å². The van der Waals surface area contributed by atoms with Gasteiger partial charge in [0.25, 0.3) is 0 Å². The van der Waals surface area contributed by atoms with Gasteiger partial charge in [-0.2, -0.15) is 4.31 Å². The van der Waals surface area contributed by atoms with Crippen molar-refractivity contribution < 1.29 is 8.42 Å². The fourth-order valence-corrected chi connectivity index (χ4v) is 3.98. The highest BCUT2D eigenvalue weighted by Gasteiger charge is 2.34. The summed E-state index contributed by atoms with van der Waals surface area (Å²) in [4.78, 5) is 6.34. The number of likely N-dealkylation sites (N-methyl/N-ethyl adjacent to an activating group) is 1. The number of pyridine rings is 1. The topological polar surface area (TPSA) is 79.5 Å². The maximum Gasteiger partial charge on any atom is 0.244 e. The van der Waals surface area contributed by atoms with Gasteiger partial charge in [-0.1, -0.05) is 0 Å². The zero-order chi connectivity index (χ0) is 14.0. The molecule has 2 N–H and O–H groups in total. The third kappa shape index (κ3) is 2.79. The van der Waals surface area contributed by atoms with Crippen LogP contribution < -0.4 is 5.73 Å². The Morgan fingerprint density at radius 1 is 1.53 bits per heavy atom. The Morgan fingerprint density at radius 2 is 2.26 bits per heavy atom. The second-order valence-electron chi connectivity index (χ2n) is 4.92. The molecular weight excluding hydrogens is 264 g/mol. The molecule has 1 aliphatic rings. The van der Waals surface area contributed by atoms with Crippen molar-refractivity contribution in [2.45, 2.75) is 23.9 Å². The van der Waals surface area contributed by atoms with Gasteiger partial charge in [-0.3, -0.25) is 4.98 Å². The van der Waals surface area contributed by atoms with Crippen LogP contribution in [0.3, 0.4) is 0 Å². The van der Waals surface area contributed by atoms with Gasteiger partial charge in [0.2, 0.25) is 10.0 Å². The first-order chi connectivity index (χ1) is 8.96. The summed E-state index contributed by atoms with van der Waals surface area (Å²) < 4.78 is 26.7. The van der Waals surface area contributed by atoms with Crippen molar-refractivity contribution in [3.05, 3.63) is 24.0 Å². The third-order valence-electron chi connectivity index (χ3n) is 3.52. The van der Waals surface area contributed by atoms with Crippen LogP contribution in [0.2, 0.25) is 0 Å². The van der Waals surface area contributed by atoms with Crippen molar-refractivity contribution in [2.24, 2.45) is 5.73 Å². The van der Waals surface area contributed by atoms with Crippen molar-refractivity contribution in [3.63, 3.8) is 0 Å². The van der Waals surface area contributed by atoms with E-state index in [4.69, 9.17) is 5.73 Å². The molecule has 0 amide bonds. The maximum atomic E-state index is 12.6. The molecule has 2 heterocycles. The van der Waals surface area contributed by atoms with Gasteiger partial charge in [0, 0.05) is 31.9 Å². The number of nitrogens with two attached hydrogens (primary N) is 1. The van der Waals surface area contributed by atoms with Crippen molar-refractivity contribution in [1.82, 2.24) is 14.2 Å². The van der Waals surface area contributed by atoms with E-state index >= 15 is 0 Å². The van der Waals surface area contributed by atoms with E-state index < -0.39 is 10.0 Å². The fraction of sp³-hybridized carbons (Fsp3) is 0.583. The monoisotopic (exact) mass is 284 g/mol. The molecule has 7 heteroatoms. The second-order valence-corrected chi connectivity index (χ2v) is 6.83. The molecule has 6 nitrogen and oxygen atoms in total. The Hall–Kier alpha value is -1.02. The third-order valence-corrected chi connectivity index (χ3v) is 5.46. The molecule has 2 rings (SSSR count). The maximum absolute atomic E-state index is 12.6. The Bertz CT molecular complexity index is 544. The van der Waals surface area contributed by atoms with Crippen LogP contribution in [-0.2, 0) is 16.6 Å². The van der Waals surface area contributed by atoms with E-state index in [2.05, 4.69) is 9.88 Å². The van der Waals surface area contributed by atoms with Gasteiger partial charge in [0.1, 0.15) is 4.90 Å². The zero-order valence-electron chi connectivity index (χ0n) is 11.3. The van der Waals surface area contributed by atoms with E-state index in [1.54, 1.807) is 18.3 Å². The minimum atomic E-state index is -3.48. The molecule has 0 bridgehead atoms. The summed E-state index contributed by atoms with van der Waals surface area (Å²) in [7, 11) is 0.453. The van der Waals surface area contributed by atoms with Crippen molar-refractivity contribution in [2.75, 3.05) is 27.2 Å². The Kier molecular flexibility index (Phi) is 4.19. The Morgan fingerprint density at radius 3 is 2.84 bits per heavy atom. The first-order valence-electron chi connectivity index (χ1n) is 6.27. The molecule has 1 aromatic rings. The van der Waals surface area contributed by atoms with E-state index in [1.807, 2.05) is 14.1 Å². The summed E-state index contributed by atoms with van der Waals surface area (Å²) >= 11 is 0. The van der Waals surface area contributed by atoms with E-state index in [0.29, 0.717) is 18.8 Å². The fourth-order valence-electron chi connectivity index (χ4n) is 2.30. The SMILES string of the molecule is CN(C)C1CCN(S(=O)(=O)c2cccnc2CN)C1. The molecule has 0 radical (unpaired) electrons. The molecule has 0 aliphatic carbocycles. The number of sulfonamides is 1. The van der Waals surface area contributed by atoms with Crippen molar-refractivity contribution in [3.8, 4) is 0 Å². The first-order valence-corrected chi connectivity index (χ1v) is 7.71. The summed E-state index contributed by atoms with van der Waals surface area (Å²) in [6, 6.07) is 3.48. The Balaban J connectivity index is 2.29. The minimum Gasteiger partial charge on any atom is -0.325 e.